The van der Waals surface area contributed by atoms with Gasteiger partial charge in [-0.15, -0.1) is 0 Å². The molecule has 2 unspecified atom stereocenters. The number of alkyl halides is 3. The maximum Gasteiger partial charge on any atom is 0.416 e. The average molecular weight is 475 g/mol. The van der Waals surface area contributed by atoms with Crippen LogP contribution in [0.3, 0.4) is 0 Å². The maximum absolute atomic E-state index is 13.4. The molecule has 7 nitrogen and oxygen atoms in total. The van der Waals surface area contributed by atoms with Gasteiger partial charge in [0.15, 0.2) is 11.2 Å². The lowest BCUT2D eigenvalue weighted by Crippen LogP contribution is -2.42. The summed E-state index contributed by atoms with van der Waals surface area (Å²) in [6, 6.07) is 2.73. The largest absolute Gasteiger partial charge is 0.416 e. The summed E-state index contributed by atoms with van der Waals surface area (Å²) in [5.41, 5.74) is 0.318. The number of amides is 1. The van der Waals surface area contributed by atoms with Gasteiger partial charge < -0.3 is 15.0 Å². The number of nitrogens with one attached hydrogen (secondary N) is 2. The average Bonchev–Trinajstić information content (AvgIpc) is 3.20. The summed E-state index contributed by atoms with van der Waals surface area (Å²) in [5.74, 6) is -0.116. The first-order valence-corrected chi connectivity index (χ1v) is 12.2. The quantitative estimate of drug-likeness (QED) is 0.611. The van der Waals surface area contributed by atoms with E-state index < -0.39 is 22.9 Å². The van der Waals surface area contributed by atoms with E-state index in [9.17, 15) is 22.2 Å². The van der Waals surface area contributed by atoms with Gasteiger partial charge in [0.25, 0.3) is 0 Å². The molecule has 4 N–H and O–H groups in total. The van der Waals surface area contributed by atoms with Gasteiger partial charge in [-0.05, 0) is 61.8 Å². The lowest BCUT2D eigenvalue weighted by Gasteiger charge is -2.33. The van der Waals surface area contributed by atoms with Gasteiger partial charge in [0.2, 0.25) is 5.91 Å². The van der Waals surface area contributed by atoms with E-state index in [1.54, 1.807) is 4.90 Å². The zero-order valence-electron chi connectivity index (χ0n) is 17.7. The molecule has 1 saturated heterocycles. The van der Waals surface area contributed by atoms with Crippen LogP contribution in [-0.4, -0.2) is 46.9 Å². The van der Waals surface area contributed by atoms with Gasteiger partial charge in [0.1, 0.15) is 0 Å². The van der Waals surface area contributed by atoms with Crippen LogP contribution in [0.5, 0.6) is 0 Å². The van der Waals surface area contributed by atoms with Gasteiger partial charge in [0.05, 0.1) is 11.3 Å². The fourth-order valence-corrected chi connectivity index (χ4v) is 5.46. The van der Waals surface area contributed by atoms with E-state index in [4.69, 9.17) is 9.88 Å². The first-order chi connectivity index (χ1) is 15.2. The van der Waals surface area contributed by atoms with Crippen molar-refractivity contribution in [1.29, 1.82) is 0 Å². The van der Waals surface area contributed by atoms with Crippen molar-refractivity contribution in [3.63, 3.8) is 0 Å². The van der Waals surface area contributed by atoms with Crippen LogP contribution in [0.2, 0.25) is 0 Å². The predicted octanol–water partition coefficient (Wildman–Crippen LogP) is 2.48. The number of rotatable bonds is 5. The Balaban J connectivity index is 1.44. The smallest absolute Gasteiger partial charge is 0.381 e. The molecule has 0 spiro atoms. The summed E-state index contributed by atoms with van der Waals surface area (Å²) in [7, 11) is 0. The Morgan fingerprint density at radius 1 is 1.16 bits per heavy atom. The molecule has 3 aliphatic rings. The normalized spacial score (nSPS) is 25.4. The minimum Gasteiger partial charge on any atom is -0.381 e. The molecular weight excluding hydrogens is 445 g/mol. The maximum atomic E-state index is 13.4. The van der Waals surface area contributed by atoms with Gasteiger partial charge in [-0.2, -0.15) is 13.2 Å². The molecule has 3 atom stereocenters. The summed E-state index contributed by atoms with van der Waals surface area (Å²) < 4.78 is 59.4. The third-order valence-electron chi connectivity index (χ3n) is 6.66. The number of carbonyl (C=O) groups excluding carboxylic acids is 1. The molecule has 1 aliphatic carbocycles. The molecule has 1 aromatic carbocycles. The van der Waals surface area contributed by atoms with Gasteiger partial charge in [-0.3, -0.25) is 9.52 Å². The number of anilines is 1. The van der Waals surface area contributed by atoms with Crippen molar-refractivity contribution in [3.8, 4) is 0 Å². The second-order valence-corrected chi connectivity index (χ2v) is 9.63. The Kier molecular flexibility index (Phi) is 7.09. The van der Waals surface area contributed by atoms with Crippen LogP contribution in [0.15, 0.2) is 12.1 Å². The van der Waals surface area contributed by atoms with E-state index >= 15 is 0 Å². The summed E-state index contributed by atoms with van der Waals surface area (Å²) in [6.45, 7) is 2.04. The number of fused-ring (bicyclic) bond motifs is 1. The molecule has 2 fully saturated rings. The minimum absolute atomic E-state index is 0.00116. The van der Waals surface area contributed by atoms with E-state index in [2.05, 4.69) is 10.0 Å². The lowest BCUT2D eigenvalue weighted by atomic mass is 9.94. The molecule has 0 bridgehead atoms. The number of nitrogens with zero attached hydrogens (tertiary/aromatic N) is 1. The number of carbonyl (C=O) groups is 1. The molecule has 1 amide bonds. The first-order valence-electron chi connectivity index (χ1n) is 11.0. The highest BCUT2D eigenvalue weighted by Gasteiger charge is 2.37. The highest BCUT2D eigenvalue weighted by atomic mass is 32.2. The van der Waals surface area contributed by atoms with Gasteiger partial charge in [-0.25, -0.2) is 9.35 Å². The molecule has 1 aromatic rings. The van der Waals surface area contributed by atoms with Crippen LogP contribution >= 0.6 is 0 Å². The number of nitrogens with two attached hydrogens (primary N) is 1. The zero-order valence-corrected chi connectivity index (χ0v) is 18.6. The molecule has 0 aromatic heterocycles. The summed E-state index contributed by atoms with van der Waals surface area (Å²) in [5, 5.41) is 8.90. The van der Waals surface area contributed by atoms with Crippen LogP contribution in [0.1, 0.15) is 48.8 Å². The summed E-state index contributed by atoms with van der Waals surface area (Å²) >= 11 is -1.99. The van der Waals surface area contributed by atoms with E-state index in [-0.39, 0.29) is 30.1 Å². The Morgan fingerprint density at radius 2 is 1.91 bits per heavy atom. The molecule has 11 heteroatoms. The van der Waals surface area contributed by atoms with Crippen LogP contribution < -0.4 is 15.2 Å². The number of benzene rings is 1. The van der Waals surface area contributed by atoms with Crippen LogP contribution in [0, 0.1) is 5.92 Å². The van der Waals surface area contributed by atoms with Crippen LogP contribution in [0.25, 0.3) is 0 Å². The molecular formula is C21H29F3N4O3S. The van der Waals surface area contributed by atoms with E-state index in [1.165, 1.54) is 0 Å². The van der Waals surface area contributed by atoms with Crippen molar-refractivity contribution in [2.75, 3.05) is 24.5 Å². The topological polar surface area (TPSA) is 96.7 Å². The molecule has 4 rings (SSSR count). The molecule has 2 aliphatic heterocycles. The summed E-state index contributed by atoms with van der Waals surface area (Å²) in [6.07, 6.45) is 0.239. The highest BCUT2D eigenvalue weighted by molar-refractivity contribution is 7.84. The number of ether oxygens (including phenoxy) is 1. The second kappa shape index (κ2) is 9.66. The van der Waals surface area contributed by atoms with Crippen molar-refractivity contribution < 1.29 is 26.9 Å². The Bertz CT molecular complexity index is 877. The molecule has 0 radical (unpaired) electrons. The predicted molar refractivity (Wildman–Crippen MR) is 115 cm³/mol. The first kappa shape index (κ1) is 23.5. The second-order valence-electron chi connectivity index (χ2n) is 8.83. The molecule has 2 heterocycles. The van der Waals surface area contributed by atoms with Crippen molar-refractivity contribution in [1.82, 2.24) is 10.2 Å². The van der Waals surface area contributed by atoms with Gasteiger partial charge in [-0.1, -0.05) is 0 Å². The third-order valence-corrected chi connectivity index (χ3v) is 7.08. The highest BCUT2D eigenvalue weighted by Crippen LogP contribution is 2.37. The standard InChI is InChI=1S/C21H29F3N4O3S/c22-21(23,24)15-9-14-12-28(6-3-18(14)19(11-15)27-32(25)30)20(29)13-1-2-17(10-13)26-16-4-7-31-8-5-16/h9,11,13,16-17,26-27H,1-8,10,12,25H2/t13-,17?,32?/m0/s1. The number of hydrogen-bond donors (Lipinski definition) is 3. The minimum atomic E-state index is -4.55. The Hall–Kier alpha value is -1.69. The van der Waals surface area contributed by atoms with Crippen molar-refractivity contribution in [2.24, 2.45) is 11.1 Å². The van der Waals surface area contributed by atoms with E-state index in [0.29, 0.717) is 30.1 Å². The van der Waals surface area contributed by atoms with E-state index in [1.807, 2.05) is 0 Å². The Labute approximate surface area is 188 Å². The Morgan fingerprint density at radius 3 is 2.59 bits per heavy atom. The van der Waals surface area contributed by atoms with Crippen molar-refractivity contribution >= 4 is 22.8 Å². The monoisotopic (exact) mass is 474 g/mol. The number of halogens is 3. The molecule has 32 heavy (non-hydrogen) atoms. The van der Waals surface area contributed by atoms with Crippen molar-refractivity contribution in [2.45, 2.75) is 63.3 Å². The lowest BCUT2D eigenvalue weighted by molar-refractivity contribution is -0.137. The van der Waals surface area contributed by atoms with E-state index in [0.717, 1.165) is 57.5 Å². The molecule has 178 valence electrons. The fraction of sp³-hybridized carbons (Fsp3) is 0.667. The van der Waals surface area contributed by atoms with Crippen LogP contribution in [0.4, 0.5) is 18.9 Å². The van der Waals surface area contributed by atoms with Crippen LogP contribution in [-0.2, 0) is 39.8 Å². The summed E-state index contributed by atoms with van der Waals surface area (Å²) in [4.78, 5) is 14.8. The SMILES string of the molecule is NS(=O)Nc1cc(C(F)(F)F)cc2c1CCN(C(=O)[C@H]1CCC(NC3CCOCC3)C1)C2. The molecule has 1 saturated carbocycles. The fourth-order valence-electron chi connectivity index (χ4n) is 5.06. The third kappa shape index (κ3) is 5.44. The van der Waals surface area contributed by atoms with Gasteiger partial charge >= 0.3 is 6.18 Å². The number of hydrogen-bond acceptors (Lipinski definition) is 4. The van der Waals surface area contributed by atoms with Crippen molar-refractivity contribution in [3.05, 3.63) is 28.8 Å². The zero-order chi connectivity index (χ0) is 22.9. The van der Waals surface area contributed by atoms with Gasteiger partial charge in [0, 0.05) is 44.3 Å².